The first-order valence-electron chi connectivity index (χ1n) is 9.35. The normalized spacial score (nSPS) is 14.0. The number of alkyl halides is 3. The summed E-state index contributed by atoms with van der Waals surface area (Å²) in [4.78, 5) is 3.44. The third-order valence-electron chi connectivity index (χ3n) is 5.02. The molecule has 164 valence electrons. The van der Waals surface area contributed by atoms with Gasteiger partial charge in [-0.25, -0.2) is 13.1 Å². The molecule has 1 N–H and O–H groups in total. The molecule has 0 radical (unpaired) electrons. The fourth-order valence-corrected chi connectivity index (χ4v) is 4.39. The predicted molar refractivity (Wildman–Crippen MR) is 107 cm³/mol. The molecule has 4 aromatic rings. The molecule has 0 spiro atoms. The van der Waals surface area contributed by atoms with Crippen LogP contribution in [-0.2, 0) is 16.2 Å². The standard InChI is InChI=1S/C20H18F3N3O4S/c1-10(2)11(3)26-31(27,28)13-5-7-17-15(9-13)14-8-12(4-6-16(14)29-17)18-24-19(30-25-18)20(21,22)23/h4-11,26H,1-3H3/t11-/m1/s1. The number of benzene rings is 2. The molecule has 2 aromatic carbocycles. The zero-order chi connectivity index (χ0) is 22.6. The van der Waals surface area contributed by atoms with E-state index in [9.17, 15) is 21.6 Å². The van der Waals surface area contributed by atoms with Crippen molar-refractivity contribution in [3.63, 3.8) is 0 Å². The monoisotopic (exact) mass is 453 g/mol. The molecule has 0 amide bonds. The van der Waals surface area contributed by atoms with Gasteiger partial charge in [0.2, 0.25) is 15.8 Å². The van der Waals surface area contributed by atoms with Crippen molar-refractivity contribution in [3.8, 4) is 11.4 Å². The summed E-state index contributed by atoms with van der Waals surface area (Å²) < 4.78 is 76.4. The number of halogens is 3. The minimum atomic E-state index is -4.75. The fraction of sp³-hybridized carbons (Fsp3) is 0.300. The largest absolute Gasteiger partial charge is 0.471 e. The van der Waals surface area contributed by atoms with Crippen LogP contribution in [0.4, 0.5) is 13.2 Å². The number of nitrogens with zero attached hydrogens (tertiary/aromatic N) is 2. The summed E-state index contributed by atoms with van der Waals surface area (Å²) in [5.41, 5.74) is 1.15. The van der Waals surface area contributed by atoms with E-state index >= 15 is 0 Å². The number of nitrogens with one attached hydrogen (secondary N) is 1. The van der Waals surface area contributed by atoms with Crippen molar-refractivity contribution in [1.82, 2.24) is 14.9 Å². The molecule has 2 heterocycles. The van der Waals surface area contributed by atoms with Crippen LogP contribution in [0.1, 0.15) is 26.7 Å². The van der Waals surface area contributed by atoms with Gasteiger partial charge in [-0.1, -0.05) is 19.0 Å². The van der Waals surface area contributed by atoms with Crippen LogP contribution < -0.4 is 4.72 Å². The van der Waals surface area contributed by atoms with Crippen molar-refractivity contribution in [2.24, 2.45) is 5.92 Å². The van der Waals surface area contributed by atoms with Crippen LogP contribution in [0.5, 0.6) is 0 Å². The number of sulfonamides is 1. The number of aromatic nitrogens is 2. The fourth-order valence-electron chi connectivity index (χ4n) is 2.97. The van der Waals surface area contributed by atoms with Crippen molar-refractivity contribution < 1.29 is 30.5 Å². The first-order chi connectivity index (χ1) is 14.5. The lowest BCUT2D eigenvalue weighted by Gasteiger charge is -2.17. The second kappa shape index (κ2) is 7.34. The molecule has 0 saturated heterocycles. The Labute approximate surface area is 175 Å². The highest BCUT2D eigenvalue weighted by molar-refractivity contribution is 7.89. The van der Waals surface area contributed by atoms with Crippen LogP contribution in [0.3, 0.4) is 0 Å². The van der Waals surface area contributed by atoms with Crippen LogP contribution in [0.25, 0.3) is 33.3 Å². The highest BCUT2D eigenvalue weighted by atomic mass is 32.2. The zero-order valence-electron chi connectivity index (χ0n) is 16.7. The number of hydrogen-bond acceptors (Lipinski definition) is 6. The van der Waals surface area contributed by atoms with Crippen molar-refractivity contribution in [2.45, 2.75) is 37.9 Å². The molecule has 0 aliphatic heterocycles. The minimum absolute atomic E-state index is 0.0551. The number of fused-ring (bicyclic) bond motifs is 3. The predicted octanol–water partition coefficient (Wildman–Crippen LogP) is 4.98. The van der Waals surface area contributed by atoms with Gasteiger partial charge in [0.1, 0.15) is 11.2 Å². The second-order valence-electron chi connectivity index (χ2n) is 7.55. The van der Waals surface area contributed by atoms with Gasteiger partial charge < -0.3 is 8.94 Å². The maximum absolute atomic E-state index is 12.8. The maximum atomic E-state index is 12.8. The van der Waals surface area contributed by atoms with Crippen LogP contribution in [0.15, 0.2) is 50.2 Å². The molecule has 31 heavy (non-hydrogen) atoms. The molecular weight excluding hydrogens is 435 g/mol. The quantitative estimate of drug-likeness (QED) is 0.458. The first-order valence-corrected chi connectivity index (χ1v) is 10.8. The SMILES string of the molecule is CC(C)[C@@H](C)NS(=O)(=O)c1ccc2oc3ccc(-c4noc(C(F)(F)F)n4)cc3c2c1. The number of hydrogen-bond donors (Lipinski definition) is 1. The molecule has 0 unspecified atom stereocenters. The molecule has 0 aliphatic rings. The molecular formula is C20H18F3N3O4S. The first kappa shape index (κ1) is 21.3. The highest BCUT2D eigenvalue weighted by Gasteiger charge is 2.38. The van der Waals surface area contributed by atoms with Gasteiger partial charge in [-0.05, 0) is 49.2 Å². The smallest absolute Gasteiger partial charge is 0.456 e. The third kappa shape index (κ3) is 4.02. The lowest BCUT2D eigenvalue weighted by atomic mass is 10.1. The molecule has 2 aromatic heterocycles. The lowest BCUT2D eigenvalue weighted by Crippen LogP contribution is -2.36. The van der Waals surface area contributed by atoms with Gasteiger partial charge in [-0.2, -0.15) is 18.2 Å². The van der Waals surface area contributed by atoms with E-state index in [0.717, 1.165) is 0 Å². The highest BCUT2D eigenvalue weighted by Crippen LogP contribution is 2.34. The van der Waals surface area contributed by atoms with Gasteiger partial charge in [0.05, 0.1) is 4.90 Å². The third-order valence-corrected chi connectivity index (χ3v) is 6.58. The molecule has 0 bridgehead atoms. The lowest BCUT2D eigenvalue weighted by molar-refractivity contribution is -0.159. The summed E-state index contributed by atoms with van der Waals surface area (Å²) in [5, 5.41) is 4.40. The second-order valence-corrected chi connectivity index (χ2v) is 9.26. The summed E-state index contributed by atoms with van der Waals surface area (Å²) in [6.45, 7) is 5.59. The molecule has 11 heteroatoms. The molecule has 0 aliphatic carbocycles. The Morgan fingerprint density at radius 2 is 1.65 bits per heavy atom. The Morgan fingerprint density at radius 3 is 2.26 bits per heavy atom. The van der Waals surface area contributed by atoms with Gasteiger partial charge in [0, 0.05) is 22.4 Å². The van der Waals surface area contributed by atoms with Gasteiger partial charge in [0.25, 0.3) is 0 Å². The van der Waals surface area contributed by atoms with E-state index in [2.05, 4.69) is 19.4 Å². The van der Waals surface area contributed by atoms with Crippen LogP contribution in [0, 0.1) is 5.92 Å². The zero-order valence-corrected chi connectivity index (χ0v) is 17.5. The van der Waals surface area contributed by atoms with E-state index in [0.29, 0.717) is 21.9 Å². The van der Waals surface area contributed by atoms with Crippen LogP contribution in [0.2, 0.25) is 0 Å². The summed E-state index contributed by atoms with van der Waals surface area (Å²) in [6, 6.07) is 8.77. The summed E-state index contributed by atoms with van der Waals surface area (Å²) in [6.07, 6.45) is -4.75. The number of rotatable bonds is 5. The van der Waals surface area contributed by atoms with E-state index in [1.54, 1.807) is 19.1 Å². The van der Waals surface area contributed by atoms with E-state index < -0.39 is 22.1 Å². The summed E-state index contributed by atoms with van der Waals surface area (Å²) in [7, 11) is -3.77. The number of furan rings is 1. The van der Waals surface area contributed by atoms with Crippen molar-refractivity contribution in [2.75, 3.05) is 0 Å². The van der Waals surface area contributed by atoms with Crippen LogP contribution >= 0.6 is 0 Å². The van der Waals surface area contributed by atoms with E-state index in [1.165, 1.54) is 24.3 Å². The maximum Gasteiger partial charge on any atom is 0.471 e. The molecule has 0 fully saturated rings. The van der Waals surface area contributed by atoms with Crippen LogP contribution in [-0.4, -0.2) is 24.6 Å². The molecule has 1 atom stereocenters. The Kier molecular flexibility index (Phi) is 5.05. The topological polar surface area (TPSA) is 98.2 Å². The van der Waals surface area contributed by atoms with E-state index in [1.807, 2.05) is 13.8 Å². The summed E-state index contributed by atoms with van der Waals surface area (Å²) >= 11 is 0. The van der Waals surface area contributed by atoms with E-state index in [4.69, 9.17) is 4.42 Å². The van der Waals surface area contributed by atoms with Gasteiger partial charge in [-0.15, -0.1) is 0 Å². The van der Waals surface area contributed by atoms with Crippen molar-refractivity contribution in [1.29, 1.82) is 0 Å². The summed E-state index contributed by atoms with van der Waals surface area (Å²) in [5.74, 6) is -1.58. The Hall–Kier alpha value is -2.92. The Balaban J connectivity index is 1.79. The van der Waals surface area contributed by atoms with E-state index in [-0.39, 0.29) is 28.2 Å². The Bertz CT molecular complexity index is 1370. The average molecular weight is 453 g/mol. The molecule has 4 rings (SSSR count). The minimum Gasteiger partial charge on any atom is -0.456 e. The molecule has 7 nitrogen and oxygen atoms in total. The Morgan fingerprint density at radius 1 is 1.00 bits per heavy atom. The molecule has 0 saturated carbocycles. The average Bonchev–Trinajstić information content (AvgIpc) is 3.31. The van der Waals surface area contributed by atoms with Gasteiger partial charge >= 0.3 is 12.1 Å². The van der Waals surface area contributed by atoms with Gasteiger partial charge in [-0.3, -0.25) is 0 Å². The van der Waals surface area contributed by atoms with Crippen molar-refractivity contribution in [3.05, 3.63) is 42.3 Å². The van der Waals surface area contributed by atoms with Crippen molar-refractivity contribution >= 4 is 32.0 Å². The van der Waals surface area contributed by atoms with Gasteiger partial charge in [0.15, 0.2) is 0 Å².